The molecule has 0 saturated heterocycles. The Kier molecular flexibility index (Phi) is 29.8. The lowest BCUT2D eigenvalue weighted by atomic mass is 10.1. The first kappa shape index (κ1) is 45.1. The van der Waals surface area contributed by atoms with E-state index in [2.05, 4.69) is 6.92 Å². The van der Waals surface area contributed by atoms with Gasteiger partial charge in [-0.1, -0.05) is 44.7 Å². The standard InChI is InChI=1S/C37H63NO13/c1-2-3-4-5-8-12-41-14-16-43-18-20-45-22-24-47-26-28-49-30-32-51-33-31-50-29-27-48-25-23-46-21-19-44-17-15-42-13-11-38-36(39)34-9-6-7-10-35(34)37(38)40/h6-7,9-10H,2-5,8,11-33H2,1H3. The molecule has 0 aliphatic carbocycles. The number of fused-ring (bicyclic) bond motifs is 1. The Labute approximate surface area is 304 Å². The number of hydrogen-bond acceptors (Lipinski definition) is 13. The number of benzene rings is 1. The summed E-state index contributed by atoms with van der Waals surface area (Å²) in [4.78, 5) is 25.8. The predicted molar refractivity (Wildman–Crippen MR) is 190 cm³/mol. The maximum absolute atomic E-state index is 12.3. The first-order chi connectivity index (χ1) is 25.3. The molecule has 14 nitrogen and oxygen atoms in total. The molecule has 0 radical (unpaired) electrons. The number of amides is 2. The van der Waals surface area contributed by atoms with Crippen molar-refractivity contribution < 1.29 is 61.7 Å². The van der Waals surface area contributed by atoms with Crippen LogP contribution in [0.4, 0.5) is 0 Å². The minimum Gasteiger partial charge on any atom is -0.379 e. The van der Waals surface area contributed by atoms with Crippen LogP contribution in [-0.2, 0) is 52.1 Å². The normalized spacial score (nSPS) is 12.8. The highest BCUT2D eigenvalue weighted by Crippen LogP contribution is 2.21. The lowest BCUT2D eigenvalue weighted by Crippen LogP contribution is -2.33. The van der Waals surface area contributed by atoms with Gasteiger partial charge in [0.25, 0.3) is 11.8 Å². The molecule has 0 atom stereocenters. The fraction of sp³-hybridized carbons (Fsp3) is 0.784. The molecule has 51 heavy (non-hydrogen) atoms. The van der Waals surface area contributed by atoms with E-state index >= 15 is 0 Å². The fourth-order valence-corrected chi connectivity index (χ4v) is 4.71. The van der Waals surface area contributed by atoms with E-state index in [1.807, 2.05) is 0 Å². The van der Waals surface area contributed by atoms with Crippen LogP contribution in [0.3, 0.4) is 0 Å². The van der Waals surface area contributed by atoms with Crippen molar-refractivity contribution in [3.05, 3.63) is 35.4 Å². The van der Waals surface area contributed by atoms with Crippen LogP contribution in [0.15, 0.2) is 24.3 Å². The van der Waals surface area contributed by atoms with Crippen LogP contribution < -0.4 is 0 Å². The van der Waals surface area contributed by atoms with Crippen LogP contribution in [0, 0.1) is 0 Å². The number of ether oxygens (including phenoxy) is 11. The fourth-order valence-electron chi connectivity index (χ4n) is 4.71. The Balaban J connectivity index is 1.16. The van der Waals surface area contributed by atoms with E-state index in [-0.39, 0.29) is 25.0 Å². The van der Waals surface area contributed by atoms with E-state index in [1.54, 1.807) is 24.3 Å². The van der Waals surface area contributed by atoms with Gasteiger partial charge in [-0.25, -0.2) is 0 Å². The van der Waals surface area contributed by atoms with E-state index < -0.39 is 0 Å². The lowest BCUT2D eigenvalue weighted by Gasteiger charge is -2.13. The Morgan fingerprint density at radius 2 is 0.647 bits per heavy atom. The molecule has 1 aromatic rings. The zero-order chi connectivity index (χ0) is 36.3. The van der Waals surface area contributed by atoms with Gasteiger partial charge in [0.2, 0.25) is 0 Å². The Morgan fingerprint density at radius 3 is 0.961 bits per heavy atom. The van der Waals surface area contributed by atoms with E-state index in [1.165, 1.54) is 30.6 Å². The minimum absolute atomic E-state index is 0.215. The molecule has 0 unspecified atom stereocenters. The molecule has 0 saturated carbocycles. The number of rotatable bonds is 39. The quantitative estimate of drug-likeness (QED) is 0.0723. The minimum atomic E-state index is -0.276. The summed E-state index contributed by atoms with van der Waals surface area (Å²) in [7, 11) is 0. The van der Waals surface area contributed by atoms with Gasteiger partial charge in [0, 0.05) is 6.61 Å². The maximum atomic E-state index is 12.3. The topological polar surface area (TPSA) is 139 Å². The number of nitrogens with zero attached hydrogens (tertiary/aromatic N) is 1. The van der Waals surface area contributed by atoms with Gasteiger partial charge in [0.15, 0.2) is 0 Å². The lowest BCUT2D eigenvalue weighted by molar-refractivity contribution is -0.0276. The largest absolute Gasteiger partial charge is 0.379 e. The third kappa shape index (κ3) is 24.0. The Morgan fingerprint density at radius 1 is 0.373 bits per heavy atom. The van der Waals surface area contributed by atoms with Crippen molar-refractivity contribution in [2.45, 2.75) is 39.0 Å². The molecule has 0 fully saturated rings. The van der Waals surface area contributed by atoms with Crippen LogP contribution in [0.1, 0.15) is 59.7 Å². The second kappa shape index (κ2) is 33.7. The van der Waals surface area contributed by atoms with Crippen molar-refractivity contribution in [3.8, 4) is 0 Å². The smallest absolute Gasteiger partial charge is 0.261 e. The summed E-state index contributed by atoms with van der Waals surface area (Å²) in [5, 5.41) is 0. The van der Waals surface area contributed by atoms with Gasteiger partial charge in [0.05, 0.1) is 156 Å². The monoisotopic (exact) mass is 729 g/mol. The molecule has 0 spiro atoms. The molecule has 0 aromatic heterocycles. The summed E-state index contributed by atoms with van der Waals surface area (Å²) in [6.45, 7) is 13.5. The molecular weight excluding hydrogens is 666 g/mol. The molecule has 294 valence electrons. The highest BCUT2D eigenvalue weighted by atomic mass is 16.6. The van der Waals surface area contributed by atoms with Crippen LogP contribution in [0.25, 0.3) is 0 Å². The molecule has 0 N–H and O–H groups in total. The van der Waals surface area contributed by atoms with Crippen LogP contribution in [-0.4, -0.2) is 169 Å². The molecule has 2 amide bonds. The third-order valence-corrected chi connectivity index (χ3v) is 7.45. The second-order valence-electron chi connectivity index (χ2n) is 11.5. The van der Waals surface area contributed by atoms with Gasteiger partial charge in [-0.15, -0.1) is 0 Å². The zero-order valence-corrected chi connectivity index (χ0v) is 30.9. The summed E-state index contributed by atoms with van der Waals surface area (Å²) in [6.07, 6.45) is 6.25. The second-order valence-corrected chi connectivity index (χ2v) is 11.5. The molecule has 1 aliphatic heterocycles. The molecule has 0 bridgehead atoms. The number of unbranched alkanes of at least 4 members (excludes halogenated alkanes) is 4. The van der Waals surface area contributed by atoms with Gasteiger partial charge >= 0.3 is 0 Å². The number of carbonyl (C=O) groups is 2. The molecule has 2 rings (SSSR count). The SMILES string of the molecule is CCCCCCCOCCOCCOCCOCCOCCOCCOCCOCCOCCOCCOCCN1C(=O)c2ccccc2C1=O. The van der Waals surface area contributed by atoms with Gasteiger partial charge < -0.3 is 52.1 Å². The first-order valence-electron chi connectivity index (χ1n) is 18.6. The maximum Gasteiger partial charge on any atom is 0.261 e. The van der Waals surface area contributed by atoms with Gasteiger partial charge in [0.1, 0.15) is 0 Å². The van der Waals surface area contributed by atoms with Crippen molar-refractivity contribution in [3.63, 3.8) is 0 Å². The summed E-state index contributed by atoms with van der Waals surface area (Å²) >= 11 is 0. The highest BCUT2D eigenvalue weighted by Gasteiger charge is 2.34. The van der Waals surface area contributed by atoms with Crippen molar-refractivity contribution in [1.82, 2.24) is 4.90 Å². The van der Waals surface area contributed by atoms with Crippen LogP contribution in [0.2, 0.25) is 0 Å². The average Bonchev–Trinajstić information content (AvgIpc) is 3.39. The molecule has 14 heteroatoms. The van der Waals surface area contributed by atoms with Crippen LogP contribution >= 0.6 is 0 Å². The third-order valence-electron chi connectivity index (χ3n) is 7.45. The van der Waals surface area contributed by atoms with Crippen molar-refractivity contribution in [1.29, 1.82) is 0 Å². The Bertz CT molecular complexity index is 935. The zero-order valence-electron chi connectivity index (χ0n) is 30.9. The predicted octanol–water partition coefficient (Wildman–Crippen LogP) is 3.44. The van der Waals surface area contributed by atoms with Crippen molar-refractivity contribution in [2.24, 2.45) is 0 Å². The number of carbonyl (C=O) groups excluding carboxylic acids is 2. The van der Waals surface area contributed by atoms with E-state index in [0.717, 1.165) is 13.0 Å². The highest BCUT2D eigenvalue weighted by molar-refractivity contribution is 6.21. The summed E-state index contributed by atoms with van der Waals surface area (Å²) in [5.74, 6) is -0.553. The first-order valence-corrected chi connectivity index (χ1v) is 18.6. The van der Waals surface area contributed by atoms with Gasteiger partial charge in [-0.2, -0.15) is 0 Å². The number of imide groups is 1. The van der Waals surface area contributed by atoms with E-state index in [4.69, 9.17) is 52.1 Å². The molecule has 1 aromatic carbocycles. The summed E-state index contributed by atoms with van der Waals surface area (Å²) < 4.78 is 60.4. The van der Waals surface area contributed by atoms with Crippen molar-refractivity contribution in [2.75, 3.05) is 152 Å². The van der Waals surface area contributed by atoms with Crippen LogP contribution in [0.5, 0.6) is 0 Å². The molecule has 1 aliphatic rings. The van der Waals surface area contributed by atoms with E-state index in [9.17, 15) is 9.59 Å². The average molecular weight is 730 g/mol. The molecular formula is C37H63NO13. The summed E-state index contributed by atoms with van der Waals surface area (Å²) in [5.41, 5.74) is 0.886. The van der Waals surface area contributed by atoms with Gasteiger partial charge in [-0.05, 0) is 18.6 Å². The summed E-state index contributed by atoms with van der Waals surface area (Å²) in [6, 6.07) is 6.82. The van der Waals surface area contributed by atoms with E-state index in [0.29, 0.717) is 143 Å². The van der Waals surface area contributed by atoms with Gasteiger partial charge in [-0.3, -0.25) is 14.5 Å². The van der Waals surface area contributed by atoms with Crippen molar-refractivity contribution >= 4 is 11.8 Å². The number of hydrogen-bond donors (Lipinski definition) is 0. The Hall–Kier alpha value is -2.08. The molecule has 1 heterocycles.